The Morgan fingerprint density at radius 1 is 1.00 bits per heavy atom. The van der Waals surface area contributed by atoms with Crippen molar-refractivity contribution >= 4 is 17.5 Å². The molecule has 2 atom stereocenters. The average Bonchev–Trinajstić information content (AvgIpc) is 3.91. The third-order valence-corrected chi connectivity index (χ3v) is 8.65. The fraction of sp³-hybridized carbons (Fsp3) is 0.643. The zero-order valence-electron chi connectivity index (χ0n) is 23.9. The highest BCUT2D eigenvalue weighted by Crippen LogP contribution is 2.43. The van der Waals surface area contributed by atoms with Crippen molar-refractivity contribution in [3.63, 3.8) is 0 Å². The maximum Gasteiger partial charge on any atom is 0.389 e. The predicted octanol–water partition coefficient (Wildman–Crippen LogP) is 5.80. The van der Waals surface area contributed by atoms with Gasteiger partial charge in [-0.05, 0) is 62.0 Å². The molecule has 3 aromatic heterocycles. The van der Waals surface area contributed by atoms with E-state index in [1.165, 1.54) is 16.9 Å². The van der Waals surface area contributed by atoms with Gasteiger partial charge >= 0.3 is 6.18 Å². The molecule has 0 spiro atoms. The molecule has 0 bridgehead atoms. The van der Waals surface area contributed by atoms with Crippen molar-refractivity contribution in [1.82, 2.24) is 40.2 Å². The van der Waals surface area contributed by atoms with Gasteiger partial charge in [0.1, 0.15) is 5.69 Å². The number of imidazole rings is 1. The van der Waals surface area contributed by atoms with Gasteiger partial charge in [0.2, 0.25) is 11.8 Å². The van der Waals surface area contributed by atoms with Gasteiger partial charge in [0.15, 0.2) is 11.3 Å². The van der Waals surface area contributed by atoms with Crippen molar-refractivity contribution in [1.29, 1.82) is 0 Å². The molecule has 2 N–H and O–H groups in total. The van der Waals surface area contributed by atoms with Crippen LogP contribution in [0.3, 0.4) is 0 Å². The van der Waals surface area contributed by atoms with Crippen LogP contribution in [0.15, 0.2) is 18.5 Å². The van der Waals surface area contributed by atoms with Crippen LogP contribution in [0.25, 0.3) is 5.65 Å². The van der Waals surface area contributed by atoms with Gasteiger partial charge in [-0.15, -0.1) is 5.10 Å². The van der Waals surface area contributed by atoms with Crippen LogP contribution in [0, 0.1) is 11.8 Å². The highest BCUT2D eigenvalue weighted by molar-refractivity contribution is 5.93. The first-order valence-corrected chi connectivity index (χ1v) is 14.9. The fourth-order valence-corrected chi connectivity index (χ4v) is 5.93. The summed E-state index contributed by atoms with van der Waals surface area (Å²) in [6.45, 7) is 0. The van der Waals surface area contributed by atoms with Gasteiger partial charge in [-0.1, -0.05) is 5.21 Å². The lowest BCUT2D eigenvalue weighted by Gasteiger charge is -2.33. The molecule has 1 unspecified atom stereocenters. The van der Waals surface area contributed by atoms with Crippen LogP contribution in [0.1, 0.15) is 116 Å². The number of halogens is 7. The van der Waals surface area contributed by atoms with Crippen LogP contribution in [0.4, 0.5) is 30.7 Å². The molecule has 2 amide bonds. The van der Waals surface area contributed by atoms with Gasteiger partial charge in [-0.25, -0.2) is 31.7 Å². The number of nitrogens with one attached hydrogen (secondary N) is 2. The summed E-state index contributed by atoms with van der Waals surface area (Å²) >= 11 is 0. The molecule has 17 heteroatoms. The third kappa shape index (κ3) is 7.21. The fourth-order valence-electron chi connectivity index (χ4n) is 5.93. The first-order valence-electron chi connectivity index (χ1n) is 14.9. The van der Waals surface area contributed by atoms with Crippen LogP contribution in [0.5, 0.6) is 0 Å². The van der Waals surface area contributed by atoms with Gasteiger partial charge in [-0.2, -0.15) is 18.3 Å². The molecule has 45 heavy (non-hydrogen) atoms. The molecule has 6 rings (SSSR count). The van der Waals surface area contributed by atoms with Crippen molar-refractivity contribution < 1.29 is 40.3 Å². The Morgan fingerprint density at radius 3 is 2.31 bits per heavy atom. The molecule has 244 valence electrons. The van der Waals surface area contributed by atoms with Crippen LogP contribution < -0.4 is 10.6 Å². The molecule has 3 heterocycles. The number of nitrogens with zero attached hydrogens (tertiary/aromatic N) is 6. The molecule has 0 aromatic carbocycles. The van der Waals surface area contributed by atoms with E-state index in [2.05, 4.69) is 31.0 Å². The average molecular weight is 645 g/mol. The Kier molecular flexibility index (Phi) is 8.22. The van der Waals surface area contributed by atoms with E-state index >= 15 is 0 Å². The quantitative estimate of drug-likeness (QED) is 0.255. The van der Waals surface area contributed by atoms with Crippen molar-refractivity contribution in [2.75, 3.05) is 0 Å². The summed E-state index contributed by atoms with van der Waals surface area (Å²) < 4.78 is 96.4. The first-order chi connectivity index (χ1) is 21.3. The van der Waals surface area contributed by atoms with E-state index in [9.17, 15) is 40.3 Å². The summed E-state index contributed by atoms with van der Waals surface area (Å²) in [6.07, 6.45) is -4.43. The van der Waals surface area contributed by atoms with Crippen molar-refractivity contribution in [3.05, 3.63) is 41.1 Å². The van der Waals surface area contributed by atoms with E-state index in [1.807, 2.05) is 0 Å². The monoisotopic (exact) mass is 644 g/mol. The zero-order chi connectivity index (χ0) is 32.1. The normalized spacial score (nSPS) is 20.4. The van der Waals surface area contributed by atoms with E-state index in [0.717, 1.165) is 17.5 Å². The van der Waals surface area contributed by atoms with Crippen LogP contribution in [-0.2, 0) is 4.79 Å². The number of hydrogen-bond acceptors (Lipinski definition) is 6. The number of carbonyl (C=O) groups is 2. The topological polar surface area (TPSA) is 119 Å². The number of hydrogen-bond donors (Lipinski definition) is 2. The van der Waals surface area contributed by atoms with Gasteiger partial charge in [0.25, 0.3) is 12.3 Å². The smallest absolute Gasteiger partial charge is 0.349 e. The van der Waals surface area contributed by atoms with Gasteiger partial charge in [-0.3, -0.25) is 9.59 Å². The van der Waals surface area contributed by atoms with Crippen LogP contribution in [0.2, 0.25) is 0 Å². The van der Waals surface area contributed by atoms with Crippen molar-refractivity contribution in [3.8, 4) is 0 Å². The number of rotatable bonds is 11. The lowest BCUT2D eigenvalue weighted by molar-refractivity contribution is -0.144. The second-order valence-electron chi connectivity index (χ2n) is 12.2. The van der Waals surface area contributed by atoms with Gasteiger partial charge < -0.3 is 10.6 Å². The van der Waals surface area contributed by atoms with Crippen LogP contribution in [-0.4, -0.2) is 53.5 Å². The largest absolute Gasteiger partial charge is 0.389 e. The maximum atomic E-state index is 14.0. The number of carbonyl (C=O) groups excluding carboxylic acids is 2. The number of amides is 2. The van der Waals surface area contributed by atoms with Gasteiger partial charge in [0, 0.05) is 19.3 Å². The zero-order valence-corrected chi connectivity index (χ0v) is 23.9. The first kappa shape index (κ1) is 31.2. The SMILES string of the molecule is O=C(CCC(F)(F)F)NC(c1cnn2cc([C@@H](NC(=O)c3nnn(C4CC4)c3C(F)F)C3CCC(F)(F)CC3)nc2c1)C1CC1. The maximum absolute atomic E-state index is 14.0. The summed E-state index contributed by atoms with van der Waals surface area (Å²) in [5.74, 6) is -5.02. The van der Waals surface area contributed by atoms with E-state index < -0.39 is 85.4 Å². The molecule has 10 nitrogen and oxygen atoms in total. The van der Waals surface area contributed by atoms with E-state index in [-0.39, 0.29) is 36.1 Å². The molecule has 3 saturated carbocycles. The van der Waals surface area contributed by atoms with Gasteiger partial charge in [0.05, 0.1) is 42.6 Å². The predicted molar refractivity (Wildman–Crippen MR) is 142 cm³/mol. The molecule has 0 saturated heterocycles. The molecule has 3 fully saturated rings. The lowest BCUT2D eigenvalue weighted by atomic mass is 9.81. The highest BCUT2D eigenvalue weighted by Gasteiger charge is 2.41. The lowest BCUT2D eigenvalue weighted by Crippen LogP contribution is -2.38. The minimum atomic E-state index is -4.46. The molecular weight excluding hydrogens is 613 g/mol. The summed E-state index contributed by atoms with van der Waals surface area (Å²) in [5.41, 5.74) is -0.0762. The van der Waals surface area contributed by atoms with E-state index in [1.54, 1.807) is 6.07 Å². The standard InChI is InChI=1S/C28H31F7N8O2/c29-25(30)24-23(40-41-43(24)17-3-4-17)26(45)39-22(15-5-8-27(31,32)9-6-15)18-13-42-19(37-18)11-16(12-36-42)21(14-1-2-14)38-20(44)7-10-28(33,34)35/h11-15,17,21-22,25H,1-10H2,(H,38,44)(H,39,45)/t21?,22-/m0/s1. The number of aromatic nitrogens is 6. The highest BCUT2D eigenvalue weighted by atomic mass is 19.4. The minimum absolute atomic E-state index is 0.0162. The Hall–Kier alpha value is -3.79. The Bertz CT molecular complexity index is 1550. The molecule has 0 radical (unpaired) electrons. The summed E-state index contributed by atoms with van der Waals surface area (Å²) in [6, 6.07) is -0.168. The third-order valence-electron chi connectivity index (χ3n) is 8.65. The number of fused-ring (bicyclic) bond motifs is 1. The summed E-state index contributed by atoms with van der Waals surface area (Å²) in [7, 11) is 0. The Labute approximate surface area is 252 Å². The minimum Gasteiger partial charge on any atom is -0.349 e. The van der Waals surface area contributed by atoms with Crippen molar-refractivity contribution in [2.45, 2.75) is 101 Å². The van der Waals surface area contributed by atoms with Crippen LogP contribution >= 0.6 is 0 Å². The van der Waals surface area contributed by atoms with E-state index in [4.69, 9.17) is 0 Å². The van der Waals surface area contributed by atoms with Crippen molar-refractivity contribution in [2.24, 2.45) is 11.8 Å². The second kappa shape index (κ2) is 11.9. The summed E-state index contributed by atoms with van der Waals surface area (Å²) in [4.78, 5) is 30.3. The summed E-state index contributed by atoms with van der Waals surface area (Å²) in [5, 5.41) is 17.2. The Balaban J connectivity index is 1.27. The number of alkyl halides is 7. The van der Waals surface area contributed by atoms with E-state index in [0.29, 0.717) is 18.4 Å². The second-order valence-corrected chi connectivity index (χ2v) is 12.2. The molecule has 0 aliphatic heterocycles. The molecule has 3 aliphatic rings. The molecule has 3 aromatic rings. The molecular formula is C28H31F7N8O2. The Morgan fingerprint density at radius 2 is 1.69 bits per heavy atom. The molecule has 3 aliphatic carbocycles.